The Morgan fingerprint density at radius 3 is 2.62 bits per heavy atom. The summed E-state index contributed by atoms with van der Waals surface area (Å²) in [5.74, 6) is 0. The Labute approximate surface area is 166 Å². The SMILES string of the molecule is O[C@H](Cn1cnc(-c2ccccc2)c1-c1ccc2nonc2c1)c1cccnc1. The van der Waals surface area contributed by atoms with E-state index in [4.69, 9.17) is 4.63 Å². The molecule has 0 fully saturated rings. The molecule has 29 heavy (non-hydrogen) atoms. The minimum Gasteiger partial charge on any atom is -0.386 e. The van der Waals surface area contributed by atoms with Gasteiger partial charge in [0.05, 0.1) is 30.4 Å². The van der Waals surface area contributed by atoms with Gasteiger partial charge >= 0.3 is 0 Å². The van der Waals surface area contributed by atoms with Crippen LogP contribution in [0, 0.1) is 0 Å². The van der Waals surface area contributed by atoms with Crippen molar-refractivity contribution in [2.45, 2.75) is 12.6 Å². The fourth-order valence-electron chi connectivity index (χ4n) is 3.42. The van der Waals surface area contributed by atoms with Gasteiger partial charge < -0.3 is 9.67 Å². The number of pyridine rings is 1. The van der Waals surface area contributed by atoms with Crippen LogP contribution in [0.1, 0.15) is 11.7 Å². The van der Waals surface area contributed by atoms with Gasteiger partial charge in [0.25, 0.3) is 0 Å². The highest BCUT2D eigenvalue weighted by Gasteiger charge is 2.19. The second kappa shape index (κ2) is 7.29. The molecule has 0 unspecified atom stereocenters. The summed E-state index contributed by atoms with van der Waals surface area (Å²) < 4.78 is 6.79. The molecule has 0 bridgehead atoms. The van der Waals surface area contributed by atoms with Gasteiger partial charge in [-0.2, -0.15) is 0 Å². The molecule has 0 radical (unpaired) electrons. The Morgan fingerprint density at radius 1 is 0.931 bits per heavy atom. The van der Waals surface area contributed by atoms with Crippen molar-refractivity contribution in [3.63, 3.8) is 0 Å². The van der Waals surface area contributed by atoms with E-state index in [1.807, 2.05) is 65.2 Å². The lowest BCUT2D eigenvalue weighted by Gasteiger charge is -2.15. The van der Waals surface area contributed by atoms with E-state index >= 15 is 0 Å². The van der Waals surface area contributed by atoms with Crippen molar-refractivity contribution in [1.29, 1.82) is 0 Å². The van der Waals surface area contributed by atoms with Crippen molar-refractivity contribution in [3.8, 4) is 22.5 Å². The topological polar surface area (TPSA) is 89.9 Å². The maximum atomic E-state index is 10.7. The summed E-state index contributed by atoms with van der Waals surface area (Å²) in [4.78, 5) is 8.75. The molecule has 5 rings (SSSR count). The molecule has 142 valence electrons. The highest BCUT2D eigenvalue weighted by molar-refractivity contribution is 5.85. The van der Waals surface area contributed by atoms with E-state index in [0.29, 0.717) is 17.6 Å². The van der Waals surface area contributed by atoms with Gasteiger partial charge in [0.15, 0.2) is 0 Å². The van der Waals surface area contributed by atoms with Gasteiger partial charge in [-0.3, -0.25) is 4.98 Å². The lowest BCUT2D eigenvalue weighted by molar-refractivity contribution is 0.156. The smallest absolute Gasteiger partial charge is 0.135 e. The van der Waals surface area contributed by atoms with Crippen molar-refractivity contribution < 1.29 is 9.74 Å². The molecule has 0 aliphatic rings. The van der Waals surface area contributed by atoms with Crippen LogP contribution in [0.5, 0.6) is 0 Å². The first-order chi connectivity index (χ1) is 14.3. The van der Waals surface area contributed by atoms with Crippen LogP contribution in [-0.2, 0) is 6.54 Å². The molecule has 0 aliphatic carbocycles. The minimum atomic E-state index is -0.710. The maximum absolute atomic E-state index is 10.7. The zero-order chi connectivity index (χ0) is 19.6. The van der Waals surface area contributed by atoms with Crippen molar-refractivity contribution in [3.05, 3.63) is 84.9 Å². The standard InChI is InChI=1S/C22H17N5O2/c28-20(17-7-4-10-23-12-17)13-27-14-24-21(15-5-2-1-3-6-15)22(27)16-8-9-18-19(11-16)26-29-25-18/h1-12,14,20,28H,13H2/t20-/m1/s1. The Kier molecular flexibility index (Phi) is 4.34. The van der Waals surface area contributed by atoms with Crippen molar-refractivity contribution in [2.75, 3.05) is 0 Å². The van der Waals surface area contributed by atoms with E-state index in [0.717, 1.165) is 28.1 Å². The van der Waals surface area contributed by atoms with Gasteiger partial charge in [-0.15, -0.1) is 0 Å². The zero-order valence-electron chi connectivity index (χ0n) is 15.4. The van der Waals surface area contributed by atoms with E-state index in [2.05, 4.69) is 20.3 Å². The molecule has 5 aromatic rings. The third-order valence-corrected chi connectivity index (χ3v) is 4.85. The molecule has 0 aliphatic heterocycles. The maximum Gasteiger partial charge on any atom is 0.135 e. The summed E-state index contributed by atoms with van der Waals surface area (Å²) in [6.45, 7) is 0.343. The largest absolute Gasteiger partial charge is 0.386 e. The molecule has 1 N–H and O–H groups in total. The number of fused-ring (bicyclic) bond motifs is 1. The molecule has 7 heteroatoms. The molecule has 3 aromatic heterocycles. The van der Waals surface area contributed by atoms with Crippen LogP contribution in [-0.4, -0.2) is 30.0 Å². The van der Waals surface area contributed by atoms with E-state index in [9.17, 15) is 5.11 Å². The molecule has 0 saturated carbocycles. The van der Waals surface area contributed by atoms with E-state index in [1.165, 1.54) is 0 Å². The number of hydrogen-bond acceptors (Lipinski definition) is 6. The lowest BCUT2D eigenvalue weighted by Crippen LogP contribution is -2.09. The van der Waals surface area contributed by atoms with Crippen LogP contribution in [0.3, 0.4) is 0 Å². The Balaban J connectivity index is 1.62. The summed E-state index contributed by atoms with van der Waals surface area (Å²) in [5.41, 5.74) is 5.75. The average molecular weight is 383 g/mol. The first-order valence-electron chi connectivity index (χ1n) is 9.21. The number of nitrogens with zero attached hydrogens (tertiary/aromatic N) is 5. The summed E-state index contributed by atoms with van der Waals surface area (Å²) in [6, 6.07) is 19.4. The predicted octanol–water partition coefficient (Wildman–Crippen LogP) is 3.88. The molecule has 0 saturated heterocycles. The second-order valence-electron chi connectivity index (χ2n) is 6.73. The van der Waals surface area contributed by atoms with Crippen molar-refractivity contribution in [2.24, 2.45) is 0 Å². The highest BCUT2D eigenvalue weighted by atomic mass is 16.6. The van der Waals surface area contributed by atoms with Gasteiger partial charge in [0.1, 0.15) is 11.0 Å². The molecule has 3 heterocycles. The Hall–Kier alpha value is -3.84. The van der Waals surface area contributed by atoms with Crippen LogP contribution >= 0.6 is 0 Å². The normalized spacial score (nSPS) is 12.3. The summed E-state index contributed by atoms with van der Waals surface area (Å²) in [5, 5.41) is 18.6. The molecule has 1 atom stereocenters. The van der Waals surface area contributed by atoms with E-state index < -0.39 is 6.10 Å². The summed E-state index contributed by atoms with van der Waals surface area (Å²) in [7, 11) is 0. The monoisotopic (exact) mass is 383 g/mol. The van der Waals surface area contributed by atoms with Crippen molar-refractivity contribution >= 4 is 11.0 Å². The molecule has 0 spiro atoms. The molecular weight excluding hydrogens is 366 g/mol. The van der Waals surface area contributed by atoms with Gasteiger partial charge in [0, 0.05) is 29.1 Å². The molecule has 2 aromatic carbocycles. The number of benzene rings is 2. The van der Waals surface area contributed by atoms with Crippen LogP contribution in [0.2, 0.25) is 0 Å². The molecule has 7 nitrogen and oxygen atoms in total. The lowest BCUT2D eigenvalue weighted by atomic mass is 10.0. The fourth-order valence-corrected chi connectivity index (χ4v) is 3.42. The van der Waals surface area contributed by atoms with Gasteiger partial charge in [-0.25, -0.2) is 9.61 Å². The number of aliphatic hydroxyl groups excluding tert-OH is 1. The quantitative estimate of drug-likeness (QED) is 0.495. The van der Waals surface area contributed by atoms with Crippen LogP contribution < -0.4 is 0 Å². The number of aliphatic hydroxyl groups is 1. The summed E-state index contributed by atoms with van der Waals surface area (Å²) in [6.07, 6.45) is 4.40. The van der Waals surface area contributed by atoms with Crippen LogP contribution in [0.15, 0.2) is 84.0 Å². The number of aromatic nitrogens is 5. The summed E-state index contributed by atoms with van der Waals surface area (Å²) >= 11 is 0. The van der Waals surface area contributed by atoms with Gasteiger partial charge in [-0.1, -0.05) is 42.5 Å². The number of imidazole rings is 1. The molecular formula is C22H17N5O2. The number of hydrogen-bond donors (Lipinski definition) is 1. The zero-order valence-corrected chi connectivity index (χ0v) is 15.4. The van der Waals surface area contributed by atoms with Crippen LogP contribution in [0.25, 0.3) is 33.5 Å². The fraction of sp³-hybridized carbons (Fsp3) is 0.0909. The van der Waals surface area contributed by atoms with Gasteiger partial charge in [0.2, 0.25) is 0 Å². The van der Waals surface area contributed by atoms with E-state index in [1.54, 1.807) is 18.7 Å². The molecule has 0 amide bonds. The third-order valence-electron chi connectivity index (χ3n) is 4.85. The average Bonchev–Trinajstić information content (AvgIpc) is 3.41. The first-order valence-corrected chi connectivity index (χ1v) is 9.21. The van der Waals surface area contributed by atoms with E-state index in [-0.39, 0.29) is 0 Å². The minimum absolute atomic E-state index is 0.343. The Morgan fingerprint density at radius 2 is 1.79 bits per heavy atom. The van der Waals surface area contributed by atoms with Crippen molar-refractivity contribution in [1.82, 2.24) is 24.8 Å². The van der Waals surface area contributed by atoms with Crippen LogP contribution in [0.4, 0.5) is 0 Å². The van der Waals surface area contributed by atoms with Gasteiger partial charge in [-0.05, 0) is 28.5 Å². The highest BCUT2D eigenvalue weighted by Crippen LogP contribution is 2.33. The Bertz CT molecular complexity index is 1250. The predicted molar refractivity (Wildman–Crippen MR) is 108 cm³/mol. The third kappa shape index (κ3) is 3.28. The second-order valence-corrected chi connectivity index (χ2v) is 6.73. The number of rotatable bonds is 5. The first kappa shape index (κ1) is 17.3.